The number of halogens is 2. The second kappa shape index (κ2) is 36.0. The first-order chi connectivity index (χ1) is 40.7. The standard InChI is InChI=1S/C44H36Cl2N14O20S6.5Na/c1-2-83(66,67)26-7-3-23(4-8-26)56-58-35-31(82-80-78-65)17-22-16-28(85(71,72)73)20-30(34(22)37(35)62)49-42-51-39(45)50-41(54-42)47-11-12-60(13-14-61)44-53-40(46)52-43(55-44)48-29-19-25(81-79-77-64)15-21-18-32(86(74,75)76)36(38(63)33(21)29)59-57-24-5-9-27(10-6-24)84(68,69)70;;;;;/h2-10,15-20,61-65H,1,11-14H2,(H,68,69,70)(H,71,72,73)(H,74,75,76)(H,48,52,53,55)(H2,47,49,50,51,54);;;;;/q;5*+1/p-5. The van der Waals surface area contributed by atoms with Gasteiger partial charge in [0.2, 0.25) is 34.4 Å². The van der Waals surface area contributed by atoms with Crippen LogP contribution in [-0.2, 0) is 58.9 Å². The fourth-order valence-corrected chi connectivity index (χ4v) is 11.2. The normalized spacial score (nSPS) is 11.7. The Bertz CT molecular complexity index is 4500. The van der Waals surface area contributed by atoms with Crippen LogP contribution < -0.4 is 179 Å². The number of hydrogen-bond donors (Lipinski definition) is 6. The molecule has 0 amide bonds. The minimum Gasteiger partial charge on any atom is -0.744 e. The molecule has 0 radical (unpaired) electrons. The number of benzene rings is 6. The monoisotopic (exact) mass is 1450 g/mol. The van der Waals surface area contributed by atoms with Gasteiger partial charge in [-0.1, -0.05) is 6.58 Å². The number of anilines is 6. The number of fused-ring (bicyclic) bond motifs is 2. The van der Waals surface area contributed by atoms with Crippen molar-refractivity contribution in [1.29, 1.82) is 0 Å². The Hall–Kier alpha value is -2.72. The summed E-state index contributed by atoms with van der Waals surface area (Å²) in [5.41, 5.74) is -1.94. The summed E-state index contributed by atoms with van der Waals surface area (Å²) in [6.45, 7) is 2.31. The molecule has 8 rings (SSSR count). The Labute approximate surface area is 643 Å². The van der Waals surface area contributed by atoms with Gasteiger partial charge in [-0.15, -0.1) is 10.2 Å². The van der Waals surface area contributed by atoms with Gasteiger partial charge in [0.15, 0.2) is 21.3 Å². The molecule has 34 nitrogen and oxygen atoms in total. The van der Waals surface area contributed by atoms with Crippen LogP contribution in [-0.4, -0.2) is 119 Å². The third kappa shape index (κ3) is 21.6. The zero-order valence-corrected chi connectivity index (χ0v) is 63.5. The number of aliphatic hydroxyl groups is 1. The van der Waals surface area contributed by atoms with Crippen molar-refractivity contribution in [1.82, 2.24) is 29.9 Å². The molecule has 0 fully saturated rings. The largest absolute Gasteiger partial charge is 1.00 e. The van der Waals surface area contributed by atoms with Crippen LogP contribution in [0.5, 0.6) is 11.5 Å². The van der Waals surface area contributed by atoms with Crippen molar-refractivity contribution in [3.05, 3.63) is 107 Å². The van der Waals surface area contributed by atoms with Crippen molar-refractivity contribution < 1.29 is 240 Å². The summed E-state index contributed by atoms with van der Waals surface area (Å²) in [6.07, 6.45) is 0. The summed E-state index contributed by atoms with van der Waals surface area (Å²) in [4.78, 5) is 23.4. The van der Waals surface area contributed by atoms with Crippen LogP contribution in [0, 0.1) is 0 Å². The number of azo groups is 2. The molecule has 8 aromatic rings. The summed E-state index contributed by atoms with van der Waals surface area (Å²) in [5.74, 6) is -2.99. The molecule has 47 heteroatoms. The Kier molecular flexibility index (Phi) is 32.7. The third-order valence-corrected chi connectivity index (χ3v) is 16.6. The van der Waals surface area contributed by atoms with Crippen molar-refractivity contribution in [3.63, 3.8) is 0 Å². The number of nitrogens with zero attached hydrogens (tertiary/aromatic N) is 11. The first-order valence-electron chi connectivity index (χ1n) is 22.9. The van der Waals surface area contributed by atoms with Gasteiger partial charge >= 0.3 is 148 Å². The molecule has 2 aromatic heterocycles. The number of aromatic hydroxyl groups is 2. The molecular formula is C44H31Cl2N14Na5O20S6. The molecule has 0 aliphatic rings. The van der Waals surface area contributed by atoms with Gasteiger partial charge in [-0.3, -0.25) is 10.1 Å². The summed E-state index contributed by atoms with van der Waals surface area (Å²) in [5, 5.41) is 85.0. The van der Waals surface area contributed by atoms with Gasteiger partial charge in [0.25, 0.3) is 0 Å². The maximum atomic E-state index is 12.6. The quantitative estimate of drug-likeness (QED) is 0.00732. The molecule has 6 aromatic carbocycles. The van der Waals surface area contributed by atoms with E-state index >= 15 is 0 Å². The topological polar surface area (TPSA) is 516 Å². The van der Waals surface area contributed by atoms with E-state index in [0.717, 1.165) is 53.9 Å². The Morgan fingerprint density at radius 3 is 1.64 bits per heavy atom. The van der Waals surface area contributed by atoms with Gasteiger partial charge in [-0.2, -0.15) is 48.8 Å². The van der Waals surface area contributed by atoms with E-state index in [1.54, 1.807) is 0 Å². The van der Waals surface area contributed by atoms with Crippen molar-refractivity contribution in [3.8, 4) is 11.5 Å². The summed E-state index contributed by atoms with van der Waals surface area (Å²) >= 11 is 13.2. The van der Waals surface area contributed by atoms with Crippen LogP contribution in [0.25, 0.3) is 21.5 Å². The van der Waals surface area contributed by atoms with E-state index in [-0.39, 0.29) is 256 Å². The maximum Gasteiger partial charge on any atom is 1.00 e. The fourth-order valence-electron chi connectivity index (χ4n) is 7.55. The molecule has 0 saturated heterocycles. The van der Waals surface area contributed by atoms with E-state index < -0.39 is 101 Å². The van der Waals surface area contributed by atoms with Gasteiger partial charge < -0.3 is 60.3 Å². The van der Waals surface area contributed by atoms with E-state index in [1.807, 2.05) is 0 Å². The molecule has 0 unspecified atom stereocenters. The molecule has 91 heavy (non-hydrogen) atoms. The van der Waals surface area contributed by atoms with E-state index in [2.05, 4.69) is 91.6 Å². The smallest absolute Gasteiger partial charge is 0.744 e. The average molecular weight is 1450 g/mol. The Balaban J connectivity index is 0.00000432. The van der Waals surface area contributed by atoms with Crippen molar-refractivity contribution >= 4 is 167 Å². The van der Waals surface area contributed by atoms with Crippen LogP contribution >= 0.6 is 47.3 Å². The first-order valence-corrected chi connectivity index (χ1v) is 30.9. The number of phenolic OH excluding ortho intramolecular Hbond substituents is 2. The van der Waals surface area contributed by atoms with Crippen LogP contribution in [0.2, 0.25) is 10.6 Å². The Morgan fingerprint density at radius 2 is 1.09 bits per heavy atom. The SMILES string of the molecule is C=CS(=O)(=O)c1ccc(N=Nc2c(SOO[O-])cc3cc(S(=O)(=O)[O-])cc(Nc4nc(Cl)nc(NCCN(CCO)c5nc(Cl)nc(Nc6cc(SOO[O-])cc7cc(S(=O)(=O)[O-])c(N=Nc8ccc(S(=O)(=O)[O-])cc8)c(O)c67)n5)n4)c3c2O)cc1.[Na+].[Na+].[Na+].[Na+].[Na+]. The number of aromatic nitrogens is 6. The van der Waals surface area contributed by atoms with E-state index in [9.17, 15) is 73.2 Å². The van der Waals surface area contributed by atoms with Gasteiger partial charge in [0.1, 0.15) is 41.7 Å². The molecule has 2 heterocycles. The van der Waals surface area contributed by atoms with Crippen LogP contribution in [0.3, 0.4) is 0 Å². The van der Waals surface area contributed by atoms with E-state index in [1.165, 1.54) is 41.3 Å². The number of aliphatic hydroxyl groups excluding tert-OH is 1. The summed E-state index contributed by atoms with van der Waals surface area (Å²) < 4.78 is 143. The van der Waals surface area contributed by atoms with E-state index in [0.29, 0.717) is 12.0 Å². The molecule has 0 aliphatic heterocycles. The predicted octanol–water partition coefficient (Wildman–Crippen LogP) is -9.58. The van der Waals surface area contributed by atoms with Crippen molar-refractivity contribution in [2.75, 3.05) is 47.1 Å². The minimum atomic E-state index is -5.47. The number of nitrogens with one attached hydrogen (secondary N) is 3. The zero-order valence-electron chi connectivity index (χ0n) is 47.1. The van der Waals surface area contributed by atoms with E-state index in [4.69, 9.17) is 23.2 Å². The number of phenols is 2. The molecular weight excluding hydrogens is 1420 g/mol. The van der Waals surface area contributed by atoms with Crippen LogP contribution in [0.1, 0.15) is 0 Å². The number of sulfone groups is 1. The van der Waals surface area contributed by atoms with Crippen molar-refractivity contribution in [2.24, 2.45) is 20.5 Å². The molecule has 6 N–H and O–H groups in total. The van der Waals surface area contributed by atoms with Gasteiger partial charge in [0.05, 0.1) is 77.9 Å². The van der Waals surface area contributed by atoms with Crippen LogP contribution in [0.15, 0.2) is 147 Å². The summed E-state index contributed by atoms with van der Waals surface area (Å²) in [7, 11) is -19.4. The molecule has 0 saturated carbocycles. The van der Waals surface area contributed by atoms with Crippen LogP contribution in [0.4, 0.5) is 57.9 Å². The molecule has 0 aliphatic carbocycles. The second-order valence-electron chi connectivity index (χ2n) is 16.5. The maximum absolute atomic E-state index is 12.6. The molecule has 0 bridgehead atoms. The molecule has 452 valence electrons. The first kappa shape index (κ1) is 82.5. The number of rotatable bonds is 26. The average Bonchev–Trinajstić information content (AvgIpc) is 0.768. The third-order valence-electron chi connectivity index (χ3n) is 11.2. The minimum absolute atomic E-state index is 0. The Morgan fingerprint density at radius 1 is 0.582 bits per heavy atom. The predicted molar refractivity (Wildman–Crippen MR) is 294 cm³/mol. The van der Waals surface area contributed by atoms with Gasteiger partial charge in [0, 0.05) is 40.7 Å². The van der Waals surface area contributed by atoms with Crippen molar-refractivity contribution in [2.45, 2.75) is 29.4 Å². The number of hydrogen-bond acceptors (Lipinski definition) is 36. The zero-order chi connectivity index (χ0) is 62.3. The van der Waals surface area contributed by atoms with Gasteiger partial charge in [-0.25, -0.2) is 33.7 Å². The second-order valence-corrected chi connectivity index (χ2v) is 24.7. The molecule has 0 spiro atoms. The summed E-state index contributed by atoms with van der Waals surface area (Å²) in [6, 6.07) is 14.9. The molecule has 0 atom stereocenters. The van der Waals surface area contributed by atoms with Gasteiger partial charge in [-0.05, 0) is 119 Å². The fraction of sp³-hybridized carbons (Fsp3) is 0.0909.